The molecule has 1 aliphatic carbocycles. The number of carbonyl (C=O) groups is 2. The van der Waals surface area contributed by atoms with Crippen LogP contribution in [-0.2, 0) is 9.59 Å². The van der Waals surface area contributed by atoms with Crippen LogP contribution in [0.4, 0.5) is 0 Å². The highest BCUT2D eigenvalue weighted by molar-refractivity contribution is 9.10. The van der Waals surface area contributed by atoms with Crippen molar-refractivity contribution in [1.82, 2.24) is 10.6 Å². The van der Waals surface area contributed by atoms with Crippen LogP contribution in [0.25, 0.3) is 0 Å². The van der Waals surface area contributed by atoms with Gasteiger partial charge in [-0.3, -0.25) is 9.59 Å². The molecule has 0 aromatic heterocycles. The molecule has 0 radical (unpaired) electrons. The molecule has 1 saturated carbocycles. The molecule has 1 aliphatic rings. The predicted molar refractivity (Wildman–Crippen MR) is 78.4 cm³/mol. The van der Waals surface area contributed by atoms with E-state index in [-0.39, 0.29) is 18.4 Å². The summed E-state index contributed by atoms with van der Waals surface area (Å²) < 4.78 is 6.44. The van der Waals surface area contributed by atoms with Crippen molar-refractivity contribution in [3.05, 3.63) is 28.7 Å². The maximum absolute atomic E-state index is 11.8. The molecule has 108 valence electrons. The van der Waals surface area contributed by atoms with Crippen LogP contribution in [0.2, 0.25) is 0 Å². The Labute approximate surface area is 126 Å². The first-order valence-electron chi connectivity index (χ1n) is 6.54. The van der Waals surface area contributed by atoms with Crippen LogP contribution in [0.3, 0.4) is 0 Å². The van der Waals surface area contributed by atoms with Crippen LogP contribution in [0.1, 0.15) is 19.8 Å². The highest BCUT2D eigenvalue weighted by Gasteiger charge is 2.23. The molecule has 1 aromatic rings. The van der Waals surface area contributed by atoms with Crippen molar-refractivity contribution < 1.29 is 14.3 Å². The number of nitrogens with one attached hydrogen (secondary N) is 2. The molecule has 2 amide bonds. The van der Waals surface area contributed by atoms with E-state index in [2.05, 4.69) is 26.6 Å². The SMILES string of the molecule is CC(Oc1ccc(Br)cc1)C(=O)NCC(=O)NC1CC1. The molecule has 0 heterocycles. The summed E-state index contributed by atoms with van der Waals surface area (Å²) in [6.45, 7) is 1.64. The van der Waals surface area contributed by atoms with Gasteiger partial charge < -0.3 is 15.4 Å². The molecule has 0 aliphatic heterocycles. The van der Waals surface area contributed by atoms with E-state index in [4.69, 9.17) is 4.74 Å². The van der Waals surface area contributed by atoms with Crippen molar-refractivity contribution >= 4 is 27.7 Å². The normalized spacial score (nSPS) is 15.3. The van der Waals surface area contributed by atoms with Crippen LogP contribution in [0.15, 0.2) is 28.7 Å². The standard InChI is InChI=1S/C14H17BrN2O3/c1-9(20-12-6-2-10(15)3-7-12)14(19)16-8-13(18)17-11-4-5-11/h2-3,6-7,9,11H,4-5,8H2,1H3,(H,16,19)(H,17,18). The van der Waals surface area contributed by atoms with Crippen LogP contribution >= 0.6 is 15.9 Å². The van der Waals surface area contributed by atoms with E-state index < -0.39 is 6.10 Å². The second-order valence-electron chi connectivity index (χ2n) is 4.77. The number of ether oxygens (including phenoxy) is 1. The molecule has 5 nitrogen and oxygen atoms in total. The average Bonchev–Trinajstić information content (AvgIpc) is 3.22. The Morgan fingerprint density at radius 2 is 2.00 bits per heavy atom. The van der Waals surface area contributed by atoms with Crippen molar-refractivity contribution in [3.8, 4) is 5.75 Å². The van der Waals surface area contributed by atoms with E-state index in [9.17, 15) is 9.59 Å². The molecule has 6 heteroatoms. The number of hydrogen-bond donors (Lipinski definition) is 2. The smallest absolute Gasteiger partial charge is 0.261 e. The highest BCUT2D eigenvalue weighted by atomic mass is 79.9. The third-order valence-corrected chi connectivity index (χ3v) is 3.39. The van der Waals surface area contributed by atoms with Crippen molar-refractivity contribution in [2.75, 3.05) is 6.54 Å². The van der Waals surface area contributed by atoms with Crippen molar-refractivity contribution in [2.45, 2.75) is 31.9 Å². The van der Waals surface area contributed by atoms with Crippen LogP contribution in [-0.4, -0.2) is 30.5 Å². The maximum atomic E-state index is 11.8. The van der Waals surface area contributed by atoms with Gasteiger partial charge in [0.25, 0.3) is 5.91 Å². The molecule has 1 atom stereocenters. The van der Waals surface area contributed by atoms with E-state index >= 15 is 0 Å². The minimum atomic E-state index is -0.648. The molecular formula is C14H17BrN2O3. The van der Waals surface area contributed by atoms with Gasteiger partial charge in [0.1, 0.15) is 5.75 Å². The number of hydrogen-bond acceptors (Lipinski definition) is 3. The number of halogens is 1. The lowest BCUT2D eigenvalue weighted by Crippen LogP contribution is -2.42. The van der Waals surface area contributed by atoms with E-state index in [0.29, 0.717) is 11.8 Å². The number of amides is 2. The topological polar surface area (TPSA) is 67.4 Å². The fourth-order valence-corrected chi connectivity index (χ4v) is 1.85. The van der Waals surface area contributed by atoms with Gasteiger partial charge in [0, 0.05) is 10.5 Å². The van der Waals surface area contributed by atoms with Gasteiger partial charge in [-0.15, -0.1) is 0 Å². The van der Waals surface area contributed by atoms with Gasteiger partial charge in [-0.05, 0) is 44.0 Å². The summed E-state index contributed by atoms with van der Waals surface area (Å²) in [7, 11) is 0. The number of rotatable bonds is 6. The summed E-state index contributed by atoms with van der Waals surface area (Å²) in [5.41, 5.74) is 0. The highest BCUT2D eigenvalue weighted by Crippen LogP contribution is 2.18. The van der Waals surface area contributed by atoms with Crippen LogP contribution < -0.4 is 15.4 Å². The lowest BCUT2D eigenvalue weighted by molar-refractivity contribution is -0.130. The third-order valence-electron chi connectivity index (χ3n) is 2.86. The fourth-order valence-electron chi connectivity index (χ4n) is 1.59. The molecule has 1 aromatic carbocycles. The van der Waals surface area contributed by atoms with Gasteiger partial charge in [-0.1, -0.05) is 15.9 Å². The molecule has 1 unspecified atom stereocenters. The zero-order valence-corrected chi connectivity index (χ0v) is 12.8. The Morgan fingerprint density at radius 3 is 2.60 bits per heavy atom. The van der Waals surface area contributed by atoms with Gasteiger partial charge in [-0.2, -0.15) is 0 Å². The lowest BCUT2D eigenvalue weighted by Gasteiger charge is -2.14. The van der Waals surface area contributed by atoms with E-state index in [1.54, 1.807) is 19.1 Å². The Morgan fingerprint density at radius 1 is 1.35 bits per heavy atom. The second-order valence-corrected chi connectivity index (χ2v) is 5.69. The van der Waals surface area contributed by atoms with Crippen molar-refractivity contribution in [2.24, 2.45) is 0 Å². The molecule has 0 bridgehead atoms. The molecular weight excluding hydrogens is 324 g/mol. The quantitative estimate of drug-likeness (QED) is 0.826. The molecule has 1 fully saturated rings. The minimum Gasteiger partial charge on any atom is -0.481 e. The monoisotopic (exact) mass is 340 g/mol. The Kier molecular flexibility index (Phi) is 5.00. The summed E-state index contributed by atoms with van der Waals surface area (Å²) in [4.78, 5) is 23.2. The number of carbonyl (C=O) groups excluding carboxylic acids is 2. The van der Waals surface area contributed by atoms with Gasteiger partial charge in [0.05, 0.1) is 6.54 Å². The largest absolute Gasteiger partial charge is 0.481 e. The zero-order valence-electron chi connectivity index (χ0n) is 11.2. The zero-order chi connectivity index (χ0) is 14.5. The first-order chi connectivity index (χ1) is 9.54. The molecule has 2 N–H and O–H groups in total. The fraction of sp³-hybridized carbons (Fsp3) is 0.429. The number of benzene rings is 1. The second kappa shape index (κ2) is 6.74. The first kappa shape index (κ1) is 14.8. The van der Waals surface area contributed by atoms with E-state index in [0.717, 1.165) is 17.3 Å². The predicted octanol–water partition coefficient (Wildman–Crippen LogP) is 1.61. The van der Waals surface area contributed by atoms with Crippen LogP contribution in [0.5, 0.6) is 5.75 Å². The van der Waals surface area contributed by atoms with Crippen molar-refractivity contribution in [3.63, 3.8) is 0 Å². The summed E-state index contributed by atoms with van der Waals surface area (Å²) in [5.74, 6) is 0.147. The van der Waals surface area contributed by atoms with Crippen LogP contribution in [0, 0.1) is 0 Å². The minimum absolute atomic E-state index is 0.0105. The average molecular weight is 341 g/mol. The lowest BCUT2D eigenvalue weighted by atomic mass is 10.3. The van der Waals surface area contributed by atoms with Crippen molar-refractivity contribution in [1.29, 1.82) is 0 Å². The van der Waals surface area contributed by atoms with E-state index in [1.807, 2.05) is 12.1 Å². The molecule has 2 rings (SSSR count). The molecule has 20 heavy (non-hydrogen) atoms. The molecule has 0 saturated heterocycles. The summed E-state index contributed by atoms with van der Waals surface area (Å²) >= 11 is 3.33. The maximum Gasteiger partial charge on any atom is 0.261 e. The summed E-state index contributed by atoms with van der Waals surface area (Å²) in [6, 6.07) is 7.52. The van der Waals surface area contributed by atoms with Gasteiger partial charge in [-0.25, -0.2) is 0 Å². The Hall–Kier alpha value is -1.56. The Bertz CT molecular complexity index is 486. The Balaban J connectivity index is 1.73. The van der Waals surface area contributed by atoms with Gasteiger partial charge in [0.15, 0.2) is 6.10 Å². The van der Waals surface area contributed by atoms with Gasteiger partial charge in [0.2, 0.25) is 5.91 Å². The summed E-state index contributed by atoms with van der Waals surface area (Å²) in [5, 5.41) is 5.37. The third kappa shape index (κ3) is 4.85. The summed E-state index contributed by atoms with van der Waals surface area (Å²) in [6.07, 6.45) is 1.41. The van der Waals surface area contributed by atoms with Gasteiger partial charge >= 0.3 is 0 Å². The molecule has 0 spiro atoms. The first-order valence-corrected chi connectivity index (χ1v) is 7.33. The van der Waals surface area contributed by atoms with E-state index in [1.165, 1.54) is 0 Å².